The van der Waals surface area contributed by atoms with Crippen LogP contribution in [0.4, 0.5) is 0 Å². The minimum absolute atomic E-state index is 0.0604. The third-order valence-electron chi connectivity index (χ3n) is 1.16. The fourth-order valence-electron chi connectivity index (χ4n) is 0.523. The highest BCUT2D eigenvalue weighted by Crippen LogP contribution is 2.47. The van der Waals surface area contributed by atoms with Crippen molar-refractivity contribution in [1.82, 2.24) is 0 Å². The summed E-state index contributed by atoms with van der Waals surface area (Å²) in [6, 6.07) is 0. The van der Waals surface area contributed by atoms with Crippen LogP contribution in [0.25, 0.3) is 0 Å². The van der Waals surface area contributed by atoms with E-state index in [0.717, 1.165) is 0 Å². The number of aliphatic hydroxyl groups excluding tert-OH is 1. The second-order valence-electron chi connectivity index (χ2n) is 2.04. The lowest BCUT2D eigenvalue weighted by Crippen LogP contribution is -2.06. The molecule has 0 fully saturated rings. The zero-order valence-corrected chi connectivity index (χ0v) is 8.04. The van der Waals surface area contributed by atoms with Gasteiger partial charge in [-0.25, -0.2) is 4.89 Å². The van der Waals surface area contributed by atoms with Crippen molar-refractivity contribution >= 4 is 12.9 Å². The molecule has 0 aliphatic heterocycles. The minimum atomic E-state index is -3.61. The Morgan fingerprint density at radius 1 is 1.50 bits per heavy atom. The second kappa shape index (κ2) is 5.43. The van der Waals surface area contributed by atoms with E-state index in [1.807, 2.05) is 0 Å². The van der Waals surface area contributed by atoms with E-state index in [2.05, 4.69) is 9.56 Å². The molecule has 5 nitrogen and oxygen atoms in total. The van der Waals surface area contributed by atoms with Crippen LogP contribution in [0.3, 0.4) is 0 Å². The van der Waals surface area contributed by atoms with Gasteiger partial charge in [-0.1, -0.05) is 6.92 Å². The molecule has 12 heavy (non-hydrogen) atoms. The maximum Gasteiger partial charge on any atom is 0.320 e. The van der Waals surface area contributed by atoms with E-state index in [-0.39, 0.29) is 13.0 Å². The van der Waals surface area contributed by atoms with Crippen LogP contribution in [0.15, 0.2) is 0 Å². The van der Waals surface area contributed by atoms with E-state index in [1.54, 1.807) is 13.8 Å². The van der Waals surface area contributed by atoms with Crippen molar-refractivity contribution in [2.45, 2.75) is 20.3 Å². The van der Waals surface area contributed by atoms with Crippen LogP contribution in [0.1, 0.15) is 20.3 Å². The van der Waals surface area contributed by atoms with Crippen molar-refractivity contribution in [3.63, 3.8) is 0 Å². The first-order chi connectivity index (χ1) is 5.60. The van der Waals surface area contributed by atoms with Gasteiger partial charge >= 0.3 is 7.37 Å². The smallest absolute Gasteiger partial charge is 0.320 e. The van der Waals surface area contributed by atoms with Gasteiger partial charge in [-0.3, -0.25) is 9.36 Å². The maximum absolute atomic E-state index is 11.3. The fraction of sp³-hybridized carbons (Fsp3) is 0.833. The van der Waals surface area contributed by atoms with Crippen LogP contribution < -0.4 is 0 Å². The lowest BCUT2D eigenvalue weighted by molar-refractivity contribution is -0.202. The molecule has 0 saturated heterocycles. The average molecular weight is 196 g/mol. The monoisotopic (exact) mass is 196 g/mol. The summed E-state index contributed by atoms with van der Waals surface area (Å²) in [4.78, 5) is 15.3. The number of hydrogen-bond acceptors (Lipinski definition) is 5. The molecule has 0 aromatic rings. The van der Waals surface area contributed by atoms with Crippen molar-refractivity contribution in [1.29, 1.82) is 0 Å². The Morgan fingerprint density at radius 3 is 2.42 bits per heavy atom. The van der Waals surface area contributed by atoms with E-state index >= 15 is 0 Å². The molecule has 0 bridgehead atoms. The Morgan fingerprint density at radius 2 is 2.08 bits per heavy atom. The molecule has 0 amide bonds. The Kier molecular flexibility index (Phi) is 5.33. The van der Waals surface area contributed by atoms with Crippen LogP contribution in [0.5, 0.6) is 0 Å². The van der Waals surface area contributed by atoms with Gasteiger partial charge in [0.25, 0.3) is 0 Å². The van der Waals surface area contributed by atoms with Crippen molar-refractivity contribution in [2.75, 3.05) is 13.0 Å². The predicted octanol–water partition coefficient (Wildman–Crippen LogP) is 1.12. The van der Waals surface area contributed by atoms with Gasteiger partial charge in [0, 0.05) is 6.42 Å². The Bertz CT molecular complexity index is 190. The first-order valence-electron chi connectivity index (χ1n) is 3.65. The summed E-state index contributed by atoms with van der Waals surface area (Å²) in [5, 5.41) is 8.62. The van der Waals surface area contributed by atoms with Crippen LogP contribution >= 0.6 is 7.37 Å². The molecule has 1 N–H and O–H groups in total. The van der Waals surface area contributed by atoms with Crippen LogP contribution in [-0.4, -0.2) is 23.6 Å². The third-order valence-corrected chi connectivity index (χ3v) is 2.95. The summed E-state index contributed by atoms with van der Waals surface area (Å²) in [7, 11) is -3.61. The van der Waals surface area contributed by atoms with E-state index < -0.39 is 19.2 Å². The minimum Gasteiger partial charge on any atom is -0.386 e. The van der Waals surface area contributed by atoms with Gasteiger partial charge in [-0.2, -0.15) is 4.67 Å². The summed E-state index contributed by atoms with van der Waals surface area (Å²) in [5.41, 5.74) is -0.613. The van der Waals surface area contributed by atoms with Crippen LogP contribution in [0, 0.1) is 0 Å². The van der Waals surface area contributed by atoms with Gasteiger partial charge < -0.3 is 5.11 Å². The van der Waals surface area contributed by atoms with Gasteiger partial charge in [0.1, 0.15) is 6.35 Å². The molecular weight excluding hydrogens is 183 g/mol. The molecule has 0 aromatic carbocycles. The third kappa shape index (κ3) is 3.03. The topological polar surface area (TPSA) is 72.8 Å². The summed E-state index contributed by atoms with van der Waals surface area (Å²) in [6.45, 7) is 3.35. The Balaban J connectivity index is 4.24. The molecule has 0 radical (unpaired) electrons. The zero-order valence-electron chi connectivity index (χ0n) is 7.15. The highest BCUT2D eigenvalue weighted by Gasteiger charge is 2.31. The number of rotatable bonds is 6. The van der Waals surface area contributed by atoms with Gasteiger partial charge in [-0.05, 0) is 6.92 Å². The normalized spacial score (nSPS) is 15.6. The number of carbonyl (C=O) groups is 1. The lowest BCUT2D eigenvalue weighted by atomic mass is 10.6. The Labute approximate surface area is 71.1 Å². The van der Waals surface area contributed by atoms with Crippen LogP contribution in [0.2, 0.25) is 0 Å². The van der Waals surface area contributed by atoms with Gasteiger partial charge in [0.2, 0.25) is 5.52 Å². The zero-order chi connectivity index (χ0) is 9.61. The van der Waals surface area contributed by atoms with Gasteiger partial charge in [-0.15, -0.1) is 0 Å². The molecule has 1 unspecified atom stereocenters. The molecule has 0 heterocycles. The second-order valence-corrected chi connectivity index (χ2v) is 4.32. The van der Waals surface area contributed by atoms with E-state index in [9.17, 15) is 9.36 Å². The number of carbonyl (C=O) groups excluding carboxylic acids is 1. The average Bonchev–Trinajstić information content (AvgIpc) is 2.12. The first kappa shape index (κ1) is 11.8. The first-order valence-corrected chi connectivity index (χ1v) is 5.46. The summed E-state index contributed by atoms with van der Waals surface area (Å²) in [6.07, 6.45) is -0.745. The van der Waals surface area contributed by atoms with E-state index in [4.69, 9.17) is 5.11 Å². The fourth-order valence-corrected chi connectivity index (χ4v) is 1.57. The molecule has 0 aliphatic carbocycles. The molecule has 0 rings (SSSR count). The SMILES string of the molecule is CCOOP(=O)(CO)C(=O)CC. The van der Waals surface area contributed by atoms with Crippen molar-refractivity contribution in [2.24, 2.45) is 0 Å². The maximum atomic E-state index is 11.3. The number of hydrogen-bond donors (Lipinski definition) is 1. The molecular formula is C6H13O5P. The molecule has 1 atom stereocenters. The summed E-state index contributed by atoms with van der Waals surface area (Å²) >= 11 is 0. The van der Waals surface area contributed by atoms with Crippen LogP contribution in [-0.2, 0) is 18.9 Å². The predicted molar refractivity (Wildman–Crippen MR) is 42.7 cm³/mol. The molecule has 72 valence electrons. The van der Waals surface area contributed by atoms with E-state index in [0.29, 0.717) is 0 Å². The Hall–Kier alpha value is -0.220. The van der Waals surface area contributed by atoms with Crippen molar-refractivity contribution in [3.8, 4) is 0 Å². The standard InChI is InChI=1S/C6H13O5P/c1-3-6(8)12(9,5-7)11-10-4-2/h7H,3-5H2,1-2H3. The molecule has 0 saturated carbocycles. The summed E-state index contributed by atoms with van der Waals surface area (Å²) in [5.74, 6) is 0. The highest BCUT2D eigenvalue weighted by molar-refractivity contribution is 7.75. The van der Waals surface area contributed by atoms with Gasteiger partial charge in [0.05, 0.1) is 6.61 Å². The van der Waals surface area contributed by atoms with Crippen molar-refractivity contribution in [3.05, 3.63) is 0 Å². The largest absolute Gasteiger partial charge is 0.386 e. The molecule has 6 heteroatoms. The van der Waals surface area contributed by atoms with Gasteiger partial charge in [0.15, 0.2) is 0 Å². The molecule has 0 spiro atoms. The highest BCUT2D eigenvalue weighted by atomic mass is 31.2. The molecule has 0 aromatic heterocycles. The molecule has 0 aliphatic rings. The van der Waals surface area contributed by atoms with Crippen molar-refractivity contribution < 1.29 is 24.0 Å². The quantitative estimate of drug-likeness (QED) is 0.391. The number of aliphatic hydroxyl groups is 1. The summed E-state index contributed by atoms with van der Waals surface area (Å²) < 4.78 is 15.7. The van der Waals surface area contributed by atoms with E-state index in [1.165, 1.54) is 0 Å². The lowest BCUT2D eigenvalue weighted by Gasteiger charge is -2.11.